The van der Waals surface area contributed by atoms with E-state index in [4.69, 9.17) is 0 Å². The van der Waals surface area contributed by atoms with Gasteiger partial charge in [0.2, 0.25) is 5.91 Å². The van der Waals surface area contributed by atoms with E-state index in [0.29, 0.717) is 6.54 Å². The summed E-state index contributed by atoms with van der Waals surface area (Å²) in [5, 5.41) is 8.85. The fourth-order valence-electron chi connectivity index (χ4n) is 3.76. The van der Waals surface area contributed by atoms with Crippen LogP contribution in [0.4, 0.5) is 0 Å². The van der Waals surface area contributed by atoms with Gasteiger partial charge in [-0.05, 0) is 56.5 Å². The Kier molecular flexibility index (Phi) is 5.80. The van der Waals surface area contributed by atoms with Crippen LogP contribution in [-0.4, -0.2) is 27.2 Å². The number of aromatic nitrogens is 3. The fourth-order valence-corrected chi connectivity index (χ4v) is 3.76. The first-order valence-corrected chi connectivity index (χ1v) is 10.3. The van der Waals surface area contributed by atoms with Gasteiger partial charge >= 0.3 is 0 Å². The maximum atomic E-state index is 12.3. The van der Waals surface area contributed by atoms with E-state index in [1.54, 1.807) is 6.08 Å². The average Bonchev–Trinajstić information content (AvgIpc) is 3.31. The molecule has 0 spiro atoms. The normalized spacial score (nSPS) is 11.4. The molecular formula is C25H26N4O. The molecular weight excluding hydrogens is 372 g/mol. The van der Waals surface area contributed by atoms with E-state index in [1.807, 2.05) is 61.0 Å². The predicted octanol–water partition coefficient (Wildman–Crippen LogP) is 4.73. The summed E-state index contributed by atoms with van der Waals surface area (Å²) in [6.45, 7) is 4.63. The number of aryl methyl sites for hydroxylation is 2. The molecule has 0 saturated carbocycles. The molecule has 0 aliphatic rings. The molecule has 0 fully saturated rings. The van der Waals surface area contributed by atoms with Crippen molar-refractivity contribution < 1.29 is 4.79 Å². The number of nitrogens with one attached hydrogen (secondary N) is 2. The van der Waals surface area contributed by atoms with Gasteiger partial charge in [-0.1, -0.05) is 36.4 Å². The second kappa shape index (κ2) is 8.82. The number of fused-ring (bicyclic) bond motifs is 1. The van der Waals surface area contributed by atoms with E-state index >= 15 is 0 Å². The Hall–Kier alpha value is -3.60. The van der Waals surface area contributed by atoms with Crippen LogP contribution in [0, 0.1) is 13.8 Å². The van der Waals surface area contributed by atoms with E-state index < -0.39 is 0 Å². The highest BCUT2D eigenvalue weighted by atomic mass is 16.1. The number of amides is 1. The van der Waals surface area contributed by atoms with Crippen molar-refractivity contribution in [2.45, 2.75) is 26.7 Å². The number of aromatic amines is 1. The van der Waals surface area contributed by atoms with E-state index in [2.05, 4.69) is 39.8 Å². The third-order valence-corrected chi connectivity index (χ3v) is 5.35. The maximum absolute atomic E-state index is 12.3. The smallest absolute Gasteiger partial charge is 0.244 e. The third kappa shape index (κ3) is 4.20. The molecule has 2 aromatic heterocycles. The minimum atomic E-state index is -0.0832. The van der Waals surface area contributed by atoms with Gasteiger partial charge in [0, 0.05) is 41.0 Å². The molecule has 4 aromatic rings. The second-order valence-corrected chi connectivity index (χ2v) is 7.42. The summed E-state index contributed by atoms with van der Waals surface area (Å²) in [6.07, 6.45) is 7.33. The van der Waals surface area contributed by atoms with Crippen molar-refractivity contribution in [1.82, 2.24) is 20.1 Å². The second-order valence-electron chi connectivity index (χ2n) is 7.42. The summed E-state index contributed by atoms with van der Waals surface area (Å²) >= 11 is 0. The van der Waals surface area contributed by atoms with E-state index in [0.717, 1.165) is 41.0 Å². The topological polar surface area (TPSA) is 62.7 Å². The molecule has 0 saturated heterocycles. The van der Waals surface area contributed by atoms with Crippen LogP contribution in [-0.2, 0) is 11.2 Å². The number of rotatable bonds is 7. The predicted molar refractivity (Wildman–Crippen MR) is 122 cm³/mol. The quantitative estimate of drug-likeness (QED) is 0.349. The van der Waals surface area contributed by atoms with Gasteiger partial charge in [-0.3, -0.25) is 4.79 Å². The largest absolute Gasteiger partial charge is 0.361 e. The highest BCUT2D eigenvalue weighted by Crippen LogP contribution is 2.20. The van der Waals surface area contributed by atoms with Crippen LogP contribution < -0.4 is 5.32 Å². The number of carbonyl (C=O) groups excluding carboxylic acids is 1. The van der Waals surface area contributed by atoms with Gasteiger partial charge < -0.3 is 10.3 Å². The molecule has 0 atom stereocenters. The van der Waals surface area contributed by atoms with Crippen LogP contribution in [0.1, 0.15) is 28.9 Å². The van der Waals surface area contributed by atoms with E-state index in [1.165, 1.54) is 10.9 Å². The Morgan fingerprint density at radius 2 is 1.87 bits per heavy atom. The summed E-state index contributed by atoms with van der Waals surface area (Å²) in [4.78, 5) is 15.6. The monoisotopic (exact) mass is 398 g/mol. The molecule has 0 aliphatic carbocycles. The molecule has 5 heteroatoms. The molecule has 5 nitrogen and oxygen atoms in total. The Bertz CT molecular complexity index is 1180. The fraction of sp³-hybridized carbons (Fsp3) is 0.200. The summed E-state index contributed by atoms with van der Waals surface area (Å²) < 4.78 is 1.91. The molecule has 4 rings (SSSR count). The van der Waals surface area contributed by atoms with Crippen molar-refractivity contribution in [2.75, 3.05) is 6.54 Å². The third-order valence-electron chi connectivity index (χ3n) is 5.35. The van der Waals surface area contributed by atoms with Crippen LogP contribution in [0.25, 0.3) is 22.7 Å². The van der Waals surface area contributed by atoms with Gasteiger partial charge in [0.1, 0.15) is 0 Å². The number of hydrogen-bond acceptors (Lipinski definition) is 2. The number of hydrogen-bond donors (Lipinski definition) is 2. The minimum absolute atomic E-state index is 0.0832. The standard InChI is InChI=1S/C25H26N4O/c1-18-22(19(2)29(28-18)21-10-4-3-5-11-21)14-15-25(30)26-16-8-9-20-17-27-24-13-7-6-12-23(20)24/h3-7,10-15,17,27H,8-9,16H2,1-2H3,(H,26,30)/b15-14+. The first kappa shape index (κ1) is 19.7. The molecule has 0 unspecified atom stereocenters. The first-order valence-electron chi connectivity index (χ1n) is 10.3. The Balaban J connectivity index is 1.32. The van der Waals surface area contributed by atoms with Gasteiger partial charge in [-0.25, -0.2) is 4.68 Å². The molecule has 152 valence electrons. The number of nitrogens with zero attached hydrogens (tertiary/aromatic N) is 2. The lowest BCUT2D eigenvalue weighted by Gasteiger charge is -2.04. The van der Waals surface area contributed by atoms with Crippen molar-refractivity contribution in [3.05, 3.63) is 89.4 Å². The lowest BCUT2D eigenvalue weighted by molar-refractivity contribution is -0.116. The Labute approximate surface area is 176 Å². The number of H-pyrrole nitrogens is 1. The molecule has 1 amide bonds. The number of carbonyl (C=O) groups is 1. The summed E-state index contributed by atoms with van der Waals surface area (Å²) in [5.41, 5.74) is 6.35. The SMILES string of the molecule is Cc1nn(-c2ccccc2)c(C)c1/C=C/C(=O)NCCCc1c[nH]c2ccccc12. The molecule has 2 N–H and O–H groups in total. The van der Waals surface area contributed by atoms with E-state index in [9.17, 15) is 4.79 Å². The first-order chi connectivity index (χ1) is 14.6. The van der Waals surface area contributed by atoms with E-state index in [-0.39, 0.29) is 5.91 Å². The van der Waals surface area contributed by atoms with Gasteiger partial charge in [-0.2, -0.15) is 5.10 Å². The highest BCUT2D eigenvalue weighted by Gasteiger charge is 2.10. The van der Waals surface area contributed by atoms with Crippen molar-refractivity contribution in [1.29, 1.82) is 0 Å². The van der Waals surface area contributed by atoms with Crippen LogP contribution in [0.2, 0.25) is 0 Å². The van der Waals surface area contributed by atoms with Gasteiger partial charge in [-0.15, -0.1) is 0 Å². The average molecular weight is 399 g/mol. The zero-order valence-electron chi connectivity index (χ0n) is 17.4. The zero-order chi connectivity index (χ0) is 20.9. The van der Waals surface area contributed by atoms with Gasteiger partial charge in [0.15, 0.2) is 0 Å². The van der Waals surface area contributed by atoms with Crippen molar-refractivity contribution in [2.24, 2.45) is 0 Å². The summed E-state index contributed by atoms with van der Waals surface area (Å²) in [7, 11) is 0. The number of para-hydroxylation sites is 2. The van der Waals surface area contributed by atoms with Crippen molar-refractivity contribution in [3.8, 4) is 5.69 Å². The number of benzene rings is 2. The zero-order valence-corrected chi connectivity index (χ0v) is 17.4. The van der Waals surface area contributed by atoms with Crippen molar-refractivity contribution >= 4 is 22.9 Å². The summed E-state index contributed by atoms with van der Waals surface area (Å²) in [6, 6.07) is 18.3. The lowest BCUT2D eigenvalue weighted by Crippen LogP contribution is -2.22. The highest BCUT2D eigenvalue weighted by molar-refractivity contribution is 5.92. The van der Waals surface area contributed by atoms with Crippen LogP contribution in [0.15, 0.2) is 66.9 Å². The van der Waals surface area contributed by atoms with Gasteiger partial charge in [0.25, 0.3) is 0 Å². The molecule has 30 heavy (non-hydrogen) atoms. The van der Waals surface area contributed by atoms with Gasteiger partial charge in [0.05, 0.1) is 11.4 Å². The Morgan fingerprint density at radius 1 is 1.10 bits per heavy atom. The summed E-state index contributed by atoms with van der Waals surface area (Å²) in [5.74, 6) is -0.0832. The molecule has 0 bridgehead atoms. The lowest BCUT2D eigenvalue weighted by atomic mass is 10.1. The van der Waals surface area contributed by atoms with Crippen LogP contribution in [0.3, 0.4) is 0 Å². The molecule has 2 heterocycles. The Morgan fingerprint density at radius 3 is 2.70 bits per heavy atom. The van der Waals surface area contributed by atoms with Crippen molar-refractivity contribution in [3.63, 3.8) is 0 Å². The maximum Gasteiger partial charge on any atom is 0.244 e. The van der Waals surface area contributed by atoms with Crippen LogP contribution >= 0.6 is 0 Å². The van der Waals surface area contributed by atoms with Crippen LogP contribution in [0.5, 0.6) is 0 Å². The molecule has 0 aliphatic heterocycles. The molecule has 2 aromatic carbocycles. The minimum Gasteiger partial charge on any atom is -0.361 e. The molecule has 0 radical (unpaired) electrons.